The van der Waals surface area contributed by atoms with E-state index in [0.717, 1.165) is 67.9 Å². The predicted octanol–water partition coefficient (Wildman–Crippen LogP) is 9.96. The van der Waals surface area contributed by atoms with Gasteiger partial charge in [-0.3, -0.25) is 0 Å². The number of anilines is 3. The van der Waals surface area contributed by atoms with Crippen LogP contribution < -0.4 is 14.4 Å². The molecule has 0 aromatic heterocycles. The van der Waals surface area contributed by atoms with Gasteiger partial charge >= 0.3 is 0 Å². The van der Waals surface area contributed by atoms with Crippen LogP contribution in [0.5, 0.6) is 23.0 Å². The van der Waals surface area contributed by atoms with Gasteiger partial charge < -0.3 is 14.4 Å². The molecular formula is C39H23N3O2. The Morgan fingerprint density at radius 3 is 1.57 bits per heavy atom. The minimum Gasteiger partial charge on any atom is -0.457 e. The molecule has 0 unspecified atom stereocenters. The summed E-state index contributed by atoms with van der Waals surface area (Å²) in [5.41, 5.74) is 8.42. The second-order valence-electron chi connectivity index (χ2n) is 10.8. The number of fused-ring (bicyclic) bond motifs is 4. The highest BCUT2D eigenvalue weighted by molar-refractivity contribution is 5.88. The van der Waals surface area contributed by atoms with E-state index in [0.29, 0.717) is 11.1 Å². The van der Waals surface area contributed by atoms with Crippen LogP contribution >= 0.6 is 0 Å². The summed E-state index contributed by atoms with van der Waals surface area (Å²) in [5.74, 6) is 2.96. The number of nitriles is 2. The van der Waals surface area contributed by atoms with Gasteiger partial charge in [-0.2, -0.15) is 10.5 Å². The lowest BCUT2D eigenvalue weighted by molar-refractivity contribution is 0.453. The monoisotopic (exact) mass is 565 g/mol. The van der Waals surface area contributed by atoms with Crippen molar-refractivity contribution in [1.82, 2.24) is 0 Å². The Morgan fingerprint density at radius 2 is 0.977 bits per heavy atom. The maximum Gasteiger partial charge on any atom is 0.151 e. The molecule has 0 atom stereocenters. The summed E-state index contributed by atoms with van der Waals surface area (Å²) in [5, 5.41) is 20.3. The van der Waals surface area contributed by atoms with Crippen molar-refractivity contribution in [2.75, 3.05) is 4.90 Å². The second-order valence-corrected chi connectivity index (χ2v) is 10.8. The summed E-state index contributed by atoms with van der Waals surface area (Å²) in [4.78, 5) is 2.12. The Labute approximate surface area is 255 Å². The maximum atomic E-state index is 10.2. The number of nitrogens with zero attached hydrogens (tertiary/aromatic N) is 3. The molecule has 2 aliphatic rings. The van der Waals surface area contributed by atoms with Crippen molar-refractivity contribution in [2.24, 2.45) is 0 Å². The molecule has 0 saturated carbocycles. The first-order valence-electron chi connectivity index (χ1n) is 14.3. The van der Waals surface area contributed by atoms with Gasteiger partial charge in [0.25, 0.3) is 0 Å². The third-order valence-electron chi connectivity index (χ3n) is 8.17. The van der Waals surface area contributed by atoms with Crippen LogP contribution in [0.1, 0.15) is 33.7 Å². The second kappa shape index (κ2) is 10.2. The quantitative estimate of drug-likeness (QED) is 0.213. The number of rotatable bonds is 3. The number of para-hydroxylation sites is 6. The summed E-state index contributed by atoms with van der Waals surface area (Å²) in [7, 11) is 0. The van der Waals surface area contributed by atoms with E-state index in [2.05, 4.69) is 41.3 Å². The standard InChI is InChI=1S/C39H23N3O2/c40-23-25-17-27(21-29(19-25)39-31-9-1-5-13-35(31)43-36-14-6-2-10-32(36)39)28-18-26(24-41)20-30(22-28)42-33-11-3-7-15-37(33)44-38-16-8-4-12-34(38)42/h1-22,39H. The Balaban J connectivity index is 1.32. The third-order valence-corrected chi connectivity index (χ3v) is 8.17. The summed E-state index contributed by atoms with van der Waals surface area (Å²) >= 11 is 0. The average molecular weight is 566 g/mol. The summed E-state index contributed by atoms with van der Waals surface area (Å²) < 4.78 is 12.5. The first-order chi connectivity index (χ1) is 21.7. The molecule has 206 valence electrons. The fourth-order valence-electron chi connectivity index (χ4n) is 6.27. The largest absolute Gasteiger partial charge is 0.457 e. The molecule has 0 amide bonds. The molecule has 0 N–H and O–H groups in total. The highest BCUT2D eigenvalue weighted by Gasteiger charge is 2.30. The topological polar surface area (TPSA) is 69.3 Å². The molecule has 44 heavy (non-hydrogen) atoms. The van der Waals surface area contributed by atoms with Crippen molar-refractivity contribution in [1.29, 1.82) is 10.5 Å². The van der Waals surface area contributed by atoms with Crippen molar-refractivity contribution >= 4 is 17.1 Å². The predicted molar refractivity (Wildman–Crippen MR) is 170 cm³/mol. The van der Waals surface area contributed by atoms with Gasteiger partial charge in [-0.25, -0.2) is 0 Å². The molecular weight excluding hydrogens is 542 g/mol. The van der Waals surface area contributed by atoms with Crippen LogP contribution in [-0.2, 0) is 0 Å². The molecule has 8 rings (SSSR count). The van der Waals surface area contributed by atoms with Crippen LogP contribution in [0.15, 0.2) is 133 Å². The van der Waals surface area contributed by atoms with Crippen LogP contribution in [0.3, 0.4) is 0 Å². The van der Waals surface area contributed by atoms with Gasteiger partial charge in [-0.15, -0.1) is 0 Å². The summed E-state index contributed by atoms with van der Waals surface area (Å²) in [6.45, 7) is 0. The van der Waals surface area contributed by atoms with Crippen LogP contribution in [0, 0.1) is 22.7 Å². The zero-order valence-electron chi connectivity index (χ0n) is 23.4. The van der Waals surface area contributed by atoms with Crippen LogP contribution in [0.2, 0.25) is 0 Å². The van der Waals surface area contributed by atoms with E-state index < -0.39 is 0 Å². The lowest BCUT2D eigenvalue weighted by atomic mass is 9.81. The van der Waals surface area contributed by atoms with Gasteiger partial charge in [0.1, 0.15) is 11.5 Å². The van der Waals surface area contributed by atoms with E-state index in [1.165, 1.54) is 0 Å². The first-order valence-corrected chi connectivity index (χ1v) is 14.3. The molecule has 5 heteroatoms. The molecule has 2 aliphatic heterocycles. The lowest BCUT2D eigenvalue weighted by Crippen LogP contribution is -2.16. The molecule has 0 fully saturated rings. The Hall–Kier alpha value is -6.30. The summed E-state index contributed by atoms with van der Waals surface area (Å²) in [6, 6.07) is 48.4. The molecule has 0 aliphatic carbocycles. The van der Waals surface area contributed by atoms with Crippen molar-refractivity contribution < 1.29 is 9.47 Å². The van der Waals surface area contributed by atoms with Gasteiger partial charge in [-0.05, 0) is 83.4 Å². The molecule has 0 bridgehead atoms. The molecule has 0 saturated heterocycles. The van der Waals surface area contributed by atoms with Crippen molar-refractivity contribution in [3.63, 3.8) is 0 Å². The van der Waals surface area contributed by atoms with Crippen molar-refractivity contribution in [2.45, 2.75) is 5.92 Å². The maximum absolute atomic E-state index is 10.2. The highest BCUT2D eigenvalue weighted by Crippen LogP contribution is 2.51. The van der Waals surface area contributed by atoms with E-state index in [1.54, 1.807) is 0 Å². The van der Waals surface area contributed by atoms with E-state index in [9.17, 15) is 10.5 Å². The highest BCUT2D eigenvalue weighted by atomic mass is 16.5. The fraction of sp³-hybridized carbons (Fsp3) is 0.0256. The van der Waals surface area contributed by atoms with Crippen LogP contribution in [-0.4, -0.2) is 0 Å². The number of ether oxygens (including phenoxy) is 2. The van der Waals surface area contributed by atoms with Gasteiger partial charge in [0, 0.05) is 22.7 Å². The number of hydrogen-bond donors (Lipinski definition) is 0. The third kappa shape index (κ3) is 4.16. The van der Waals surface area contributed by atoms with Gasteiger partial charge in [0.15, 0.2) is 11.5 Å². The van der Waals surface area contributed by atoms with Gasteiger partial charge in [-0.1, -0.05) is 66.7 Å². The molecule has 0 spiro atoms. The van der Waals surface area contributed by atoms with E-state index >= 15 is 0 Å². The average Bonchev–Trinajstić information content (AvgIpc) is 3.09. The number of benzene rings is 6. The molecule has 0 radical (unpaired) electrons. The van der Waals surface area contributed by atoms with E-state index in [-0.39, 0.29) is 5.92 Å². The van der Waals surface area contributed by atoms with Gasteiger partial charge in [0.2, 0.25) is 0 Å². The minimum atomic E-state index is -0.125. The number of hydrogen-bond acceptors (Lipinski definition) is 5. The molecule has 2 heterocycles. The Kier molecular flexibility index (Phi) is 5.89. The smallest absolute Gasteiger partial charge is 0.151 e. The minimum absolute atomic E-state index is 0.125. The van der Waals surface area contributed by atoms with Crippen LogP contribution in [0.4, 0.5) is 17.1 Å². The molecule has 6 aromatic rings. The Bertz CT molecular complexity index is 1940. The zero-order valence-corrected chi connectivity index (χ0v) is 23.4. The SMILES string of the molecule is N#Cc1cc(-c2cc(C#N)cc(N3c4ccccc4Oc4ccccc43)c2)cc(C2c3ccccc3Oc3ccccc32)c1. The van der Waals surface area contributed by atoms with Crippen LogP contribution in [0.25, 0.3) is 11.1 Å². The van der Waals surface area contributed by atoms with Crippen molar-refractivity contribution in [3.05, 3.63) is 161 Å². The molecule has 6 aromatic carbocycles. The fourth-order valence-corrected chi connectivity index (χ4v) is 6.27. The lowest BCUT2D eigenvalue weighted by Gasteiger charge is -2.33. The summed E-state index contributed by atoms with van der Waals surface area (Å²) in [6.07, 6.45) is 0. The molecule has 5 nitrogen and oxygen atoms in total. The van der Waals surface area contributed by atoms with E-state index in [1.807, 2.05) is 109 Å². The normalized spacial score (nSPS) is 12.7. The van der Waals surface area contributed by atoms with Crippen molar-refractivity contribution in [3.8, 4) is 46.3 Å². The zero-order chi connectivity index (χ0) is 29.6. The first kappa shape index (κ1) is 25.4. The van der Waals surface area contributed by atoms with Gasteiger partial charge in [0.05, 0.1) is 34.6 Å². The van der Waals surface area contributed by atoms with E-state index in [4.69, 9.17) is 9.47 Å². The Morgan fingerprint density at radius 1 is 0.500 bits per heavy atom.